The van der Waals surface area contributed by atoms with E-state index < -0.39 is 0 Å². The van der Waals surface area contributed by atoms with E-state index in [0.29, 0.717) is 23.9 Å². The molecule has 0 saturated heterocycles. The monoisotopic (exact) mass is 903 g/mol. The van der Waals surface area contributed by atoms with E-state index in [1.165, 1.54) is 59.1 Å². The van der Waals surface area contributed by atoms with Crippen LogP contribution < -0.4 is 9.47 Å². The molecular weight excluding hydrogens is 829 g/mol. The molecule has 354 valence electrons. The summed E-state index contributed by atoms with van der Waals surface area (Å²) >= 11 is 0. The van der Waals surface area contributed by atoms with Gasteiger partial charge in [-0.25, -0.2) is 0 Å². The number of fused-ring (bicyclic) bond motifs is 3. The van der Waals surface area contributed by atoms with Crippen LogP contribution in [-0.2, 0) is 58.2 Å². The molecule has 3 aliphatic carbocycles. The summed E-state index contributed by atoms with van der Waals surface area (Å²) in [5.41, 5.74) is 11.7. The minimum absolute atomic E-state index is 0.450. The van der Waals surface area contributed by atoms with Crippen LogP contribution in [0.25, 0.3) is 0 Å². The number of methoxy groups -OCH3 is 2. The maximum absolute atomic E-state index is 10.1. The highest BCUT2D eigenvalue weighted by Gasteiger charge is 2.28. The lowest BCUT2D eigenvalue weighted by Gasteiger charge is -2.35. The van der Waals surface area contributed by atoms with Crippen molar-refractivity contribution in [2.24, 2.45) is 0 Å². The standard InChI is InChI=1S/2C20H26N2O.C18H22N2O/c1-3-12-22(15-16-6-5-11-21-14-16)18-10-9-17-7-4-8-20(23-2)19(17)13-18;1-3-13-22(15-17-8-4-5-12-21-17)18-11-10-16-7-6-9-20(23-2)19(16)14-18;1-2-20(13-15-7-3-4-11-19-15)16-10-9-14-6-5-8-18(21)17(14)12-16/h4-8,11,14,18H,3,9-10,12-13,15H2,1-2H3;4-9,12,18H,3,10-11,13-15H2,1-2H3;3-8,11,16,21H,2,9-10,12-13H2,1H3. The number of hydrogen-bond donors (Lipinski definition) is 1. The van der Waals surface area contributed by atoms with Crippen molar-refractivity contribution in [2.45, 2.75) is 129 Å². The lowest BCUT2D eigenvalue weighted by atomic mass is 9.86. The summed E-state index contributed by atoms with van der Waals surface area (Å²) in [6, 6.07) is 36.9. The highest BCUT2D eigenvalue weighted by atomic mass is 16.5. The van der Waals surface area contributed by atoms with Crippen molar-refractivity contribution in [3.8, 4) is 17.2 Å². The number of aromatic nitrogens is 3. The Balaban J connectivity index is 0.000000149. The molecule has 3 atom stereocenters. The summed E-state index contributed by atoms with van der Waals surface area (Å²) in [5.74, 6) is 2.54. The number of ether oxygens (including phenoxy) is 2. The van der Waals surface area contributed by atoms with Gasteiger partial charge in [-0.05, 0) is 178 Å². The number of pyridine rings is 3. The first kappa shape index (κ1) is 49.3. The molecule has 67 heavy (non-hydrogen) atoms. The second kappa shape index (κ2) is 25.5. The Morgan fingerprint density at radius 2 is 1.01 bits per heavy atom. The van der Waals surface area contributed by atoms with Gasteiger partial charge in [0, 0.05) is 62.5 Å². The van der Waals surface area contributed by atoms with E-state index >= 15 is 0 Å². The molecule has 3 aromatic heterocycles. The molecule has 0 radical (unpaired) electrons. The van der Waals surface area contributed by atoms with Gasteiger partial charge in [0.1, 0.15) is 17.2 Å². The molecule has 0 amide bonds. The quantitative estimate of drug-likeness (QED) is 0.102. The second-order valence-electron chi connectivity index (χ2n) is 18.3. The number of aryl methyl sites for hydroxylation is 3. The lowest BCUT2D eigenvalue weighted by molar-refractivity contribution is 0.168. The van der Waals surface area contributed by atoms with Gasteiger partial charge in [0.2, 0.25) is 0 Å². The number of rotatable bonds is 16. The van der Waals surface area contributed by atoms with Crippen LogP contribution in [0.2, 0.25) is 0 Å². The Morgan fingerprint density at radius 1 is 0.522 bits per heavy atom. The fourth-order valence-electron chi connectivity index (χ4n) is 10.5. The zero-order valence-electron chi connectivity index (χ0n) is 40.8. The third kappa shape index (κ3) is 13.5. The maximum Gasteiger partial charge on any atom is 0.122 e. The number of aromatic hydroxyl groups is 1. The van der Waals surface area contributed by atoms with Crippen molar-refractivity contribution in [3.63, 3.8) is 0 Å². The van der Waals surface area contributed by atoms with Crippen LogP contribution in [0.4, 0.5) is 0 Å². The van der Waals surface area contributed by atoms with E-state index in [1.54, 1.807) is 20.3 Å². The van der Waals surface area contributed by atoms with Crippen molar-refractivity contribution in [1.29, 1.82) is 0 Å². The number of phenols is 1. The SMILES string of the molecule is CCCN(Cc1ccccn1)C1CCc2cccc(OC)c2C1.CCCN(Cc1cccnc1)C1CCc2cccc(OC)c2C1.CCN(Cc1ccccn1)C1CCc2cccc(O)c2C1. The maximum atomic E-state index is 10.1. The summed E-state index contributed by atoms with van der Waals surface area (Å²) in [6.07, 6.45) is 19.9. The van der Waals surface area contributed by atoms with Gasteiger partial charge >= 0.3 is 0 Å². The molecule has 3 aromatic carbocycles. The summed E-state index contributed by atoms with van der Waals surface area (Å²) in [6.45, 7) is 12.8. The summed E-state index contributed by atoms with van der Waals surface area (Å²) in [7, 11) is 3.55. The second-order valence-corrected chi connectivity index (χ2v) is 18.3. The molecule has 0 saturated carbocycles. The van der Waals surface area contributed by atoms with Crippen molar-refractivity contribution < 1.29 is 14.6 Å². The van der Waals surface area contributed by atoms with Crippen molar-refractivity contribution in [3.05, 3.63) is 178 Å². The predicted octanol–water partition coefficient (Wildman–Crippen LogP) is 10.9. The number of nitrogens with zero attached hydrogens (tertiary/aromatic N) is 6. The summed E-state index contributed by atoms with van der Waals surface area (Å²) < 4.78 is 11.2. The molecule has 9 rings (SSSR count). The minimum Gasteiger partial charge on any atom is -0.508 e. The van der Waals surface area contributed by atoms with Crippen molar-refractivity contribution in [2.75, 3.05) is 33.9 Å². The van der Waals surface area contributed by atoms with Gasteiger partial charge in [0.15, 0.2) is 0 Å². The average Bonchev–Trinajstić information content (AvgIpc) is 3.38. The van der Waals surface area contributed by atoms with Gasteiger partial charge < -0.3 is 14.6 Å². The van der Waals surface area contributed by atoms with Gasteiger partial charge in [0.25, 0.3) is 0 Å². The Morgan fingerprint density at radius 3 is 1.49 bits per heavy atom. The van der Waals surface area contributed by atoms with Gasteiger partial charge in [-0.3, -0.25) is 29.7 Å². The highest BCUT2D eigenvalue weighted by molar-refractivity contribution is 5.44. The number of hydrogen-bond acceptors (Lipinski definition) is 9. The molecule has 0 bridgehead atoms. The number of likely N-dealkylation sites (N-methyl/N-ethyl adjacent to an activating group) is 1. The van der Waals surface area contributed by atoms with E-state index in [2.05, 4.69) is 117 Å². The number of phenolic OH excluding ortho intramolecular Hbond substituents is 1. The van der Waals surface area contributed by atoms with E-state index in [1.807, 2.05) is 55.1 Å². The molecule has 3 aliphatic rings. The van der Waals surface area contributed by atoms with Crippen molar-refractivity contribution >= 4 is 0 Å². The van der Waals surface area contributed by atoms with Crippen molar-refractivity contribution in [1.82, 2.24) is 29.7 Å². The Labute approximate surface area is 401 Å². The third-order valence-corrected chi connectivity index (χ3v) is 14.0. The summed E-state index contributed by atoms with van der Waals surface area (Å²) in [4.78, 5) is 20.9. The Bertz CT molecular complexity index is 2240. The Hall–Kier alpha value is -5.61. The lowest BCUT2D eigenvalue weighted by Crippen LogP contribution is -2.39. The first-order valence-corrected chi connectivity index (χ1v) is 24.9. The van der Waals surface area contributed by atoms with Crippen LogP contribution in [-0.4, -0.2) is 86.7 Å². The molecule has 9 heteroatoms. The zero-order valence-corrected chi connectivity index (χ0v) is 40.8. The normalized spacial score (nSPS) is 17.3. The molecule has 0 spiro atoms. The smallest absolute Gasteiger partial charge is 0.122 e. The molecule has 0 aliphatic heterocycles. The largest absolute Gasteiger partial charge is 0.508 e. The fourth-order valence-corrected chi connectivity index (χ4v) is 10.5. The first-order valence-electron chi connectivity index (χ1n) is 24.9. The topological polar surface area (TPSA) is 87.1 Å². The molecule has 3 heterocycles. The molecule has 9 nitrogen and oxygen atoms in total. The molecule has 3 unspecified atom stereocenters. The average molecular weight is 903 g/mol. The number of benzene rings is 3. The van der Waals surface area contributed by atoms with Crippen LogP contribution in [0.15, 0.2) is 128 Å². The van der Waals surface area contributed by atoms with E-state index in [-0.39, 0.29) is 0 Å². The molecular formula is C58H74N6O3. The van der Waals surface area contributed by atoms with E-state index in [4.69, 9.17) is 9.47 Å². The van der Waals surface area contributed by atoms with Crippen LogP contribution in [0.3, 0.4) is 0 Å². The first-order chi connectivity index (χ1) is 32.9. The molecule has 1 N–H and O–H groups in total. The van der Waals surface area contributed by atoms with Gasteiger partial charge in [0.05, 0.1) is 25.6 Å². The minimum atomic E-state index is 0.450. The van der Waals surface area contributed by atoms with E-state index in [0.717, 1.165) is 113 Å². The van der Waals surface area contributed by atoms with Gasteiger partial charge in [-0.2, -0.15) is 0 Å². The fraction of sp³-hybridized carbons (Fsp3) is 0.431. The van der Waals surface area contributed by atoms with Crippen LogP contribution in [0, 0.1) is 0 Å². The van der Waals surface area contributed by atoms with Crippen LogP contribution in [0.1, 0.15) is 103 Å². The predicted molar refractivity (Wildman–Crippen MR) is 272 cm³/mol. The summed E-state index contributed by atoms with van der Waals surface area (Å²) in [5, 5.41) is 10.1. The third-order valence-electron chi connectivity index (χ3n) is 14.0. The Kier molecular flexibility index (Phi) is 18.8. The van der Waals surface area contributed by atoms with Crippen LogP contribution in [0.5, 0.6) is 17.2 Å². The molecule has 6 aromatic rings. The zero-order chi connectivity index (χ0) is 46.8. The van der Waals surface area contributed by atoms with Gasteiger partial charge in [-0.1, -0.05) is 75.4 Å². The highest BCUT2D eigenvalue weighted by Crippen LogP contribution is 2.34. The van der Waals surface area contributed by atoms with Gasteiger partial charge in [-0.15, -0.1) is 0 Å². The van der Waals surface area contributed by atoms with Crippen LogP contribution >= 0.6 is 0 Å². The van der Waals surface area contributed by atoms with E-state index in [9.17, 15) is 5.11 Å². The molecule has 0 fully saturated rings.